The minimum absolute atomic E-state index is 0.629. The van der Waals surface area contributed by atoms with E-state index in [0.717, 1.165) is 25.3 Å². The Morgan fingerprint density at radius 3 is 2.50 bits per heavy atom. The number of nitrogens with two attached hydrogens (primary N) is 2. The Morgan fingerprint density at radius 2 is 1.94 bits per heavy atom. The van der Waals surface area contributed by atoms with Gasteiger partial charge in [0.1, 0.15) is 0 Å². The highest BCUT2D eigenvalue weighted by molar-refractivity contribution is 5.15. The smallest absolute Gasteiger partial charge is 0.213 e. The van der Waals surface area contributed by atoms with Crippen molar-refractivity contribution in [2.75, 3.05) is 33.3 Å². The van der Waals surface area contributed by atoms with Gasteiger partial charge in [0.25, 0.3) is 0 Å². The zero-order valence-corrected chi connectivity index (χ0v) is 9.72. The van der Waals surface area contributed by atoms with E-state index in [4.69, 9.17) is 16.2 Å². The molecule has 1 rings (SSSR count). The van der Waals surface area contributed by atoms with Gasteiger partial charge >= 0.3 is 0 Å². The summed E-state index contributed by atoms with van der Waals surface area (Å²) < 4.78 is 5.08. The molecule has 16 heavy (non-hydrogen) atoms. The van der Waals surface area contributed by atoms with Crippen LogP contribution in [0.15, 0.2) is 18.2 Å². The van der Waals surface area contributed by atoms with E-state index >= 15 is 0 Å². The standard InChI is InChI=1S/C11H20N4O/c1-16-11-4-2-3-10(14-11)9-15(7-5-12)8-6-13/h2-4H,5-9,12-13H2,1H3. The van der Waals surface area contributed by atoms with Crippen LogP contribution in [-0.4, -0.2) is 43.2 Å². The summed E-state index contributed by atoms with van der Waals surface area (Å²) in [6, 6.07) is 5.74. The molecular formula is C11H20N4O. The molecule has 4 N–H and O–H groups in total. The fourth-order valence-corrected chi connectivity index (χ4v) is 1.52. The molecule has 5 heteroatoms. The van der Waals surface area contributed by atoms with Crippen LogP contribution in [0.3, 0.4) is 0 Å². The summed E-state index contributed by atoms with van der Waals surface area (Å²) in [6.45, 7) is 3.67. The summed E-state index contributed by atoms with van der Waals surface area (Å²) in [6.07, 6.45) is 0. The molecule has 0 aromatic carbocycles. The van der Waals surface area contributed by atoms with Gasteiger partial charge in [-0.05, 0) is 6.07 Å². The summed E-state index contributed by atoms with van der Waals surface area (Å²) in [5.41, 5.74) is 12.1. The Balaban J connectivity index is 2.60. The number of aromatic nitrogens is 1. The first kappa shape index (κ1) is 12.9. The van der Waals surface area contributed by atoms with Crippen molar-refractivity contribution in [3.8, 4) is 5.88 Å². The summed E-state index contributed by atoms with van der Waals surface area (Å²) in [7, 11) is 1.61. The van der Waals surface area contributed by atoms with Crippen LogP contribution < -0.4 is 16.2 Å². The zero-order valence-electron chi connectivity index (χ0n) is 9.72. The molecule has 0 bridgehead atoms. The van der Waals surface area contributed by atoms with Crippen molar-refractivity contribution in [3.63, 3.8) is 0 Å². The van der Waals surface area contributed by atoms with Crippen LogP contribution in [-0.2, 0) is 6.54 Å². The number of hydrogen-bond acceptors (Lipinski definition) is 5. The molecule has 0 aliphatic rings. The summed E-state index contributed by atoms with van der Waals surface area (Å²) in [4.78, 5) is 6.53. The fourth-order valence-electron chi connectivity index (χ4n) is 1.52. The Hall–Kier alpha value is -1.17. The monoisotopic (exact) mass is 224 g/mol. The Morgan fingerprint density at radius 1 is 1.25 bits per heavy atom. The average Bonchev–Trinajstić information content (AvgIpc) is 2.30. The average molecular weight is 224 g/mol. The highest BCUT2D eigenvalue weighted by atomic mass is 16.5. The third-order valence-corrected chi connectivity index (χ3v) is 2.27. The number of ether oxygens (including phenoxy) is 1. The zero-order chi connectivity index (χ0) is 11.8. The third kappa shape index (κ3) is 4.14. The molecule has 1 aromatic heterocycles. The number of rotatable bonds is 7. The largest absolute Gasteiger partial charge is 0.481 e. The SMILES string of the molecule is COc1cccc(CN(CCN)CCN)n1. The Bertz CT molecular complexity index is 300. The fraction of sp³-hybridized carbons (Fsp3) is 0.545. The second-order valence-electron chi connectivity index (χ2n) is 3.52. The van der Waals surface area contributed by atoms with Crippen molar-refractivity contribution < 1.29 is 4.74 Å². The summed E-state index contributed by atoms with van der Waals surface area (Å²) >= 11 is 0. The van der Waals surface area contributed by atoms with E-state index < -0.39 is 0 Å². The molecule has 1 heterocycles. The lowest BCUT2D eigenvalue weighted by molar-refractivity contribution is 0.276. The van der Waals surface area contributed by atoms with Gasteiger partial charge in [-0.15, -0.1) is 0 Å². The minimum Gasteiger partial charge on any atom is -0.481 e. The minimum atomic E-state index is 0.629. The molecular weight excluding hydrogens is 204 g/mol. The van der Waals surface area contributed by atoms with Gasteiger partial charge in [-0.2, -0.15) is 0 Å². The molecule has 0 spiro atoms. The van der Waals surface area contributed by atoms with Gasteiger partial charge in [0.05, 0.1) is 12.8 Å². The second-order valence-corrected chi connectivity index (χ2v) is 3.52. The molecule has 0 aliphatic heterocycles. The predicted octanol–water partition coefficient (Wildman–Crippen LogP) is -0.190. The molecule has 0 saturated carbocycles. The van der Waals surface area contributed by atoms with Crippen LogP contribution in [0.1, 0.15) is 5.69 Å². The highest BCUT2D eigenvalue weighted by Gasteiger charge is 2.05. The first-order chi connectivity index (χ1) is 7.80. The quantitative estimate of drug-likeness (QED) is 0.671. The Kier molecular flexibility index (Phi) is 5.77. The van der Waals surface area contributed by atoms with Gasteiger partial charge in [0, 0.05) is 38.8 Å². The first-order valence-corrected chi connectivity index (χ1v) is 5.42. The lowest BCUT2D eigenvalue weighted by atomic mass is 10.3. The molecule has 0 radical (unpaired) electrons. The van der Waals surface area contributed by atoms with Crippen molar-refractivity contribution in [3.05, 3.63) is 23.9 Å². The van der Waals surface area contributed by atoms with Gasteiger partial charge in [-0.3, -0.25) is 4.90 Å². The lowest BCUT2D eigenvalue weighted by Gasteiger charge is -2.20. The van der Waals surface area contributed by atoms with Crippen molar-refractivity contribution in [2.24, 2.45) is 11.5 Å². The maximum Gasteiger partial charge on any atom is 0.213 e. The normalized spacial score (nSPS) is 10.8. The summed E-state index contributed by atoms with van der Waals surface area (Å²) in [5, 5.41) is 0. The van der Waals surface area contributed by atoms with E-state index in [0.29, 0.717) is 19.0 Å². The van der Waals surface area contributed by atoms with E-state index in [1.807, 2.05) is 18.2 Å². The second kappa shape index (κ2) is 7.16. The number of hydrogen-bond donors (Lipinski definition) is 2. The van der Waals surface area contributed by atoms with Gasteiger partial charge in [-0.25, -0.2) is 4.98 Å². The van der Waals surface area contributed by atoms with Crippen LogP contribution in [0, 0.1) is 0 Å². The third-order valence-electron chi connectivity index (χ3n) is 2.27. The number of methoxy groups -OCH3 is 1. The van der Waals surface area contributed by atoms with Gasteiger partial charge in [-0.1, -0.05) is 6.07 Å². The van der Waals surface area contributed by atoms with Crippen LogP contribution >= 0.6 is 0 Å². The van der Waals surface area contributed by atoms with E-state index in [9.17, 15) is 0 Å². The van der Waals surface area contributed by atoms with Crippen LogP contribution in [0.25, 0.3) is 0 Å². The molecule has 0 unspecified atom stereocenters. The van der Waals surface area contributed by atoms with E-state index in [1.54, 1.807) is 7.11 Å². The van der Waals surface area contributed by atoms with Crippen molar-refractivity contribution in [1.82, 2.24) is 9.88 Å². The van der Waals surface area contributed by atoms with E-state index in [2.05, 4.69) is 9.88 Å². The van der Waals surface area contributed by atoms with E-state index in [1.165, 1.54) is 0 Å². The van der Waals surface area contributed by atoms with Crippen molar-refractivity contribution in [2.45, 2.75) is 6.54 Å². The van der Waals surface area contributed by atoms with Crippen molar-refractivity contribution >= 4 is 0 Å². The summed E-state index contributed by atoms with van der Waals surface area (Å²) in [5.74, 6) is 0.637. The predicted molar refractivity (Wildman–Crippen MR) is 64.2 cm³/mol. The molecule has 5 nitrogen and oxygen atoms in total. The van der Waals surface area contributed by atoms with Gasteiger partial charge in [0.2, 0.25) is 5.88 Å². The maximum atomic E-state index is 5.54. The molecule has 90 valence electrons. The van der Waals surface area contributed by atoms with Gasteiger partial charge in [0.15, 0.2) is 0 Å². The first-order valence-electron chi connectivity index (χ1n) is 5.42. The molecule has 1 aromatic rings. The molecule has 0 saturated heterocycles. The van der Waals surface area contributed by atoms with Crippen LogP contribution in [0.4, 0.5) is 0 Å². The topological polar surface area (TPSA) is 77.4 Å². The van der Waals surface area contributed by atoms with Crippen LogP contribution in [0.2, 0.25) is 0 Å². The highest BCUT2D eigenvalue weighted by Crippen LogP contribution is 2.08. The molecule has 0 atom stereocenters. The molecule has 0 aliphatic carbocycles. The number of nitrogens with zero attached hydrogens (tertiary/aromatic N) is 2. The maximum absolute atomic E-state index is 5.54. The molecule has 0 fully saturated rings. The van der Waals surface area contributed by atoms with Crippen LogP contribution in [0.5, 0.6) is 5.88 Å². The number of pyridine rings is 1. The van der Waals surface area contributed by atoms with E-state index in [-0.39, 0.29) is 0 Å². The van der Waals surface area contributed by atoms with Crippen molar-refractivity contribution in [1.29, 1.82) is 0 Å². The van der Waals surface area contributed by atoms with Gasteiger partial charge < -0.3 is 16.2 Å². The molecule has 0 amide bonds. The Labute approximate surface area is 96.4 Å². The lowest BCUT2D eigenvalue weighted by Crippen LogP contribution is -2.33.